The Balaban J connectivity index is 3.37. The zero-order valence-corrected chi connectivity index (χ0v) is 7.78. The first-order chi connectivity index (χ1) is 5.52. The molecule has 0 atom stereocenters. The zero-order valence-electron chi connectivity index (χ0n) is 5.51. The molecule has 0 aromatic carbocycles. The summed E-state index contributed by atoms with van der Waals surface area (Å²) in [4.78, 5) is 14.1. The van der Waals surface area contributed by atoms with Gasteiger partial charge in [-0.1, -0.05) is 23.2 Å². The van der Waals surface area contributed by atoms with E-state index in [1.807, 2.05) is 0 Å². The molecule has 12 heavy (non-hydrogen) atoms. The number of hydrogen-bond acceptors (Lipinski definition) is 3. The van der Waals surface area contributed by atoms with Crippen LogP contribution in [0.2, 0.25) is 10.3 Å². The molecule has 6 heteroatoms. The van der Waals surface area contributed by atoms with Gasteiger partial charge in [0.25, 0.3) is 5.24 Å². The van der Waals surface area contributed by atoms with Crippen LogP contribution in [-0.2, 0) is 0 Å². The fourth-order valence-corrected chi connectivity index (χ4v) is 1.20. The first-order valence-corrected chi connectivity index (χ1v) is 3.90. The van der Waals surface area contributed by atoms with E-state index in [-0.39, 0.29) is 15.9 Å². The van der Waals surface area contributed by atoms with E-state index < -0.39 is 11.0 Å². The molecule has 0 amide bonds. The standard InChI is InChI=1S/C6H2Cl3NO2/c7-3-1-2(6(9)12)4(11)5(8)10-3/h1,11H. The molecule has 1 rings (SSSR count). The topological polar surface area (TPSA) is 50.2 Å². The first kappa shape index (κ1) is 9.58. The Bertz CT molecular complexity index is 340. The van der Waals surface area contributed by atoms with Gasteiger partial charge in [-0.15, -0.1) is 0 Å². The average molecular weight is 226 g/mol. The summed E-state index contributed by atoms with van der Waals surface area (Å²) in [5.41, 5.74) is -0.151. The fourth-order valence-electron chi connectivity index (χ4n) is 0.627. The summed E-state index contributed by atoms with van der Waals surface area (Å²) in [6.07, 6.45) is 0. The van der Waals surface area contributed by atoms with E-state index in [9.17, 15) is 4.79 Å². The van der Waals surface area contributed by atoms with Crippen LogP contribution in [0.3, 0.4) is 0 Å². The van der Waals surface area contributed by atoms with Crippen LogP contribution in [0.15, 0.2) is 6.07 Å². The molecule has 1 aromatic heterocycles. The lowest BCUT2D eigenvalue weighted by molar-refractivity contribution is 0.107. The molecule has 0 radical (unpaired) electrons. The molecule has 0 saturated heterocycles. The van der Waals surface area contributed by atoms with Gasteiger partial charge in [0.05, 0.1) is 5.56 Å². The van der Waals surface area contributed by atoms with Gasteiger partial charge in [0.1, 0.15) is 5.15 Å². The van der Waals surface area contributed by atoms with Crippen molar-refractivity contribution in [3.8, 4) is 5.75 Å². The maximum Gasteiger partial charge on any atom is 0.256 e. The van der Waals surface area contributed by atoms with E-state index in [0.29, 0.717) is 0 Å². The highest BCUT2D eigenvalue weighted by Gasteiger charge is 2.13. The molecule has 0 aliphatic rings. The Morgan fingerprint density at radius 2 is 2.08 bits per heavy atom. The molecule has 1 heterocycles. The van der Waals surface area contributed by atoms with E-state index >= 15 is 0 Å². The molecule has 0 fully saturated rings. The van der Waals surface area contributed by atoms with Gasteiger partial charge in [0.2, 0.25) is 0 Å². The van der Waals surface area contributed by atoms with Crippen LogP contribution in [0.5, 0.6) is 5.75 Å². The summed E-state index contributed by atoms with van der Waals surface area (Å²) in [6, 6.07) is 1.14. The predicted molar refractivity (Wildman–Crippen MR) is 46.1 cm³/mol. The predicted octanol–water partition coefficient (Wildman–Crippen LogP) is 2.47. The van der Waals surface area contributed by atoms with Gasteiger partial charge in [-0.3, -0.25) is 4.79 Å². The number of nitrogens with zero attached hydrogens (tertiary/aromatic N) is 1. The summed E-state index contributed by atoms with van der Waals surface area (Å²) in [6.45, 7) is 0. The quantitative estimate of drug-likeness (QED) is 0.591. The molecule has 0 aliphatic heterocycles. The minimum absolute atomic E-state index is 0.00167. The highest BCUT2D eigenvalue weighted by Crippen LogP contribution is 2.28. The number of pyridine rings is 1. The van der Waals surface area contributed by atoms with Crippen molar-refractivity contribution in [3.05, 3.63) is 21.9 Å². The Morgan fingerprint density at radius 1 is 1.50 bits per heavy atom. The maximum absolute atomic E-state index is 10.6. The van der Waals surface area contributed by atoms with Crippen molar-refractivity contribution in [2.45, 2.75) is 0 Å². The second-order valence-electron chi connectivity index (χ2n) is 1.91. The highest BCUT2D eigenvalue weighted by atomic mass is 35.5. The van der Waals surface area contributed by atoms with Gasteiger partial charge in [0.15, 0.2) is 10.9 Å². The molecule has 1 aromatic rings. The number of aromatic nitrogens is 1. The van der Waals surface area contributed by atoms with Crippen molar-refractivity contribution in [1.29, 1.82) is 0 Å². The third-order valence-electron chi connectivity index (χ3n) is 1.13. The Morgan fingerprint density at radius 3 is 2.58 bits per heavy atom. The lowest BCUT2D eigenvalue weighted by Crippen LogP contribution is -1.92. The molecule has 64 valence electrons. The first-order valence-electron chi connectivity index (χ1n) is 2.77. The van der Waals surface area contributed by atoms with E-state index in [1.165, 1.54) is 0 Å². The molecule has 0 unspecified atom stereocenters. The minimum atomic E-state index is -0.835. The van der Waals surface area contributed by atoms with Crippen LogP contribution in [0.1, 0.15) is 10.4 Å². The van der Waals surface area contributed by atoms with Crippen molar-refractivity contribution < 1.29 is 9.90 Å². The normalized spacial score (nSPS) is 9.92. The summed E-state index contributed by atoms with van der Waals surface area (Å²) in [5.74, 6) is -0.457. The van der Waals surface area contributed by atoms with Crippen LogP contribution >= 0.6 is 34.8 Å². The third kappa shape index (κ3) is 1.80. The Labute approximate surface area is 82.9 Å². The lowest BCUT2D eigenvalue weighted by Gasteiger charge is -2.00. The second-order valence-corrected chi connectivity index (χ2v) is 2.99. The van der Waals surface area contributed by atoms with Gasteiger partial charge in [-0.2, -0.15) is 0 Å². The van der Waals surface area contributed by atoms with Gasteiger partial charge in [-0.05, 0) is 17.7 Å². The summed E-state index contributed by atoms with van der Waals surface area (Å²) in [7, 11) is 0. The SMILES string of the molecule is O=C(Cl)c1cc(Cl)nc(Cl)c1O. The van der Waals surface area contributed by atoms with Crippen molar-refractivity contribution in [1.82, 2.24) is 4.98 Å². The number of carbonyl (C=O) groups excluding carboxylic acids is 1. The van der Waals surface area contributed by atoms with Crippen LogP contribution in [-0.4, -0.2) is 15.3 Å². The van der Waals surface area contributed by atoms with E-state index in [0.717, 1.165) is 6.07 Å². The summed E-state index contributed by atoms with van der Waals surface area (Å²) >= 11 is 16.0. The molecule has 3 nitrogen and oxygen atoms in total. The van der Waals surface area contributed by atoms with Crippen LogP contribution in [0, 0.1) is 0 Å². The molecule has 0 saturated carbocycles. The van der Waals surface area contributed by atoms with Gasteiger partial charge >= 0.3 is 0 Å². The monoisotopic (exact) mass is 225 g/mol. The molecule has 1 N–H and O–H groups in total. The fraction of sp³-hybridized carbons (Fsp3) is 0. The van der Waals surface area contributed by atoms with Crippen molar-refractivity contribution >= 4 is 40.0 Å². The second kappa shape index (κ2) is 3.47. The average Bonchev–Trinajstić information content (AvgIpc) is 1.96. The molecule has 0 aliphatic carbocycles. The van der Waals surface area contributed by atoms with Gasteiger partial charge in [0, 0.05) is 0 Å². The smallest absolute Gasteiger partial charge is 0.256 e. The molecular formula is C6H2Cl3NO2. The number of rotatable bonds is 1. The lowest BCUT2D eigenvalue weighted by atomic mass is 10.3. The van der Waals surface area contributed by atoms with Gasteiger partial charge < -0.3 is 5.11 Å². The third-order valence-corrected chi connectivity index (χ3v) is 1.79. The van der Waals surface area contributed by atoms with Crippen LogP contribution in [0.25, 0.3) is 0 Å². The maximum atomic E-state index is 10.6. The Hall–Kier alpha value is -0.510. The van der Waals surface area contributed by atoms with Crippen LogP contribution < -0.4 is 0 Å². The van der Waals surface area contributed by atoms with Crippen LogP contribution in [0.4, 0.5) is 0 Å². The van der Waals surface area contributed by atoms with E-state index in [4.69, 9.17) is 39.9 Å². The van der Waals surface area contributed by atoms with Crippen molar-refractivity contribution in [2.24, 2.45) is 0 Å². The van der Waals surface area contributed by atoms with Crippen molar-refractivity contribution in [3.63, 3.8) is 0 Å². The number of carbonyl (C=O) groups is 1. The summed E-state index contributed by atoms with van der Waals surface area (Å²) < 4.78 is 0. The van der Waals surface area contributed by atoms with Gasteiger partial charge in [-0.25, -0.2) is 4.98 Å². The zero-order chi connectivity index (χ0) is 9.30. The highest BCUT2D eigenvalue weighted by molar-refractivity contribution is 6.68. The summed E-state index contributed by atoms with van der Waals surface area (Å²) in [5, 5.41) is 8.06. The van der Waals surface area contributed by atoms with E-state index in [1.54, 1.807) is 0 Å². The number of halogens is 3. The molecule has 0 bridgehead atoms. The number of hydrogen-bond donors (Lipinski definition) is 1. The number of aromatic hydroxyl groups is 1. The Kier molecular flexibility index (Phi) is 2.77. The van der Waals surface area contributed by atoms with E-state index in [2.05, 4.69) is 4.98 Å². The van der Waals surface area contributed by atoms with Crippen molar-refractivity contribution in [2.75, 3.05) is 0 Å². The molecule has 0 spiro atoms. The minimum Gasteiger partial charge on any atom is -0.504 e. The molecular weight excluding hydrogens is 224 g/mol. The largest absolute Gasteiger partial charge is 0.504 e.